The fraction of sp³-hybridized carbons (Fsp3) is 0.143. The Morgan fingerprint density at radius 2 is 2.40 bits per heavy atom. The highest BCUT2D eigenvalue weighted by molar-refractivity contribution is 5.39. The van der Waals surface area contributed by atoms with Crippen LogP contribution < -0.4 is 5.56 Å². The summed E-state index contributed by atoms with van der Waals surface area (Å²) in [6, 6.07) is 3.10. The lowest BCUT2D eigenvalue weighted by atomic mass is 10.4. The van der Waals surface area contributed by atoms with Crippen molar-refractivity contribution in [3.05, 3.63) is 34.8 Å². The van der Waals surface area contributed by atoms with E-state index < -0.39 is 0 Å². The molecule has 0 spiro atoms. The van der Waals surface area contributed by atoms with Crippen LogP contribution in [-0.4, -0.2) is 9.78 Å². The highest BCUT2D eigenvalue weighted by Crippen LogP contribution is 1.88. The van der Waals surface area contributed by atoms with Gasteiger partial charge < -0.3 is 0 Å². The van der Waals surface area contributed by atoms with Crippen molar-refractivity contribution in [2.24, 2.45) is 7.05 Å². The molecule has 1 aromatic rings. The molecular weight excluding hydrogens is 128 g/mol. The van der Waals surface area contributed by atoms with E-state index in [1.807, 2.05) is 0 Å². The highest BCUT2D eigenvalue weighted by Gasteiger charge is 1.89. The summed E-state index contributed by atoms with van der Waals surface area (Å²) in [5.74, 6) is 0. The molecule has 3 nitrogen and oxygen atoms in total. The minimum absolute atomic E-state index is 0.106. The van der Waals surface area contributed by atoms with Crippen LogP contribution in [0.1, 0.15) is 5.69 Å². The fourth-order valence-electron chi connectivity index (χ4n) is 0.629. The number of rotatable bonds is 1. The molecule has 1 heterocycles. The maximum Gasteiger partial charge on any atom is 0.266 e. The van der Waals surface area contributed by atoms with Crippen LogP contribution in [0.4, 0.5) is 0 Å². The first-order valence-corrected chi connectivity index (χ1v) is 2.91. The molecule has 1 rings (SSSR count). The SMILES string of the molecule is C=Cc1ccc(=O)n(C)n1. The molecule has 0 aromatic carbocycles. The molecular formula is C7H8N2O. The third kappa shape index (κ3) is 1.13. The van der Waals surface area contributed by atoms with Crippen LogP contribution in [0.15, 0.2) is 23.5 Å². The Morgan fingerprint density at radius 1 is 1.70 bits per heavy atom. The van der Waals surface area contributed by atoms with Crippen molar-refractivity contribution in [2.45, 2.75) is 0 Å². The zero-order valence-corrected chi connectivity index (χ0v) is 5.74. The van der Waals surface area contributed by atoms with E-state index in [0.29, 0.717) is 5.69 Å². The molecule has 0 aliphatic rings. The zero-order valence-electron chi connectivity index (χ0n) is 5.74. The van der Waals surface area contributed by atoms with Crippen LogP contribution >= 0.6 is 0 Å². The number of hydrogen-bond acceptors (Lipinski definition) is 2. The monoisotopic (exact) mass is 136 g/mol. The van der Waals surface area contributed by atoms with Crippen molar-refractivity contribution in [3.63, 3.8) is 0 Å². The predicted molar refractivity (Wildman–Crippen MR) is 39.6 cm³/mol. The van der Waals surface area contributed by atoms with Gasteiger partial charge in [-0.15, -0.1) is 0 Å². The molecule has 0 aliphatic heterocycles. The highest BCUT2D eigenvalue weighted by atomic mass is 16.1. The Balaban J connectivity index is 3.29. The number of nitrogens with zero attached hydrogens (tertiary/aromatic N) is 2. The van der Waals surface area contributed by atoms with Crippen LogP contribution in [0.2, 0.25) is 0 Å². The molecule has 0 bridgehead atoms. The smallest absolute Gasteiger partial charge is 0.266 e. The number of hydrogen-bond donors (Lipinski definition) is 0. The quantitative estimate of drug-likeness (QED) is 0.561. The molecule has 3 heteroatoms. The number of aryl methyl sites for hydroxylation is 1. The Bertz CT molecular complexity index is 301. The summed E-state index contributed by atoms with van der Waals surface area (Å²) in [5, 5.41) is 3.88. The summed E-state index contributed by atoms with van der Waals surface area (Å²) in [4.78, 5) is 10.8. The van der Waals surface area contributed by atoms with Crippen molar-refractivity contribution in [1.82, 2.24) is 9.78 Å². The van der Waals surface area contributed by atoms with Gasteiger partial charge in [-0.25, -0.2) is 4.68 Å². The first-order chi connectivity index (χ1) is 4.74. The lowest BCUT2D eigenvalue weighted by Crippen LogP contribution is -2.18. The van der Waals surface area contributed by atoms with Gasteiger partial charge in [0.05, 0.1) is 5.69 Å². The normalized spacial score (nSPS) is 9.30. The van der Waals surface area contributed by atoms with Crippen molar-refractivity contribution in [1.29, 1.82) is 0 Å². The largest absolute Gasteiger partial charge is 0.268 e. The van der Waals surface area contributed by atoms with Gasteiger partial charge in [0, 0.05) is 13.1 Å². The van der Waals surface area contributed by atoms with Gasteiger partial charge in [-0.3, -0.25) is 4.79 Å². The Hall–Kier alpha value is -1.38. The Kier molecular flexibility index (Phi) is 1.67. The maximum absolute atomic E-state index is 10.8. The van der Waals surface area contributed by atoms with Gasteiger partial charge in [0.15, 0.2) is 0 Å². The summed E-state index contributed by atoms with van der Waals surface area (Å²) in [6.45, 7) is 3.52. The number of aromatic nitrogens is 2. The molecule has 0 N–H and O–H groups in total. The molecule has 0 radical (unpaired) electrons. The lowest BCUT2D eigenvalue weighted by Gasteiger charge is -1.94. The van der Waals surface area contributed by atoms with Gasteiger partial charge in [-0.1, -0.05) is 6.58 Å². The van der Waals surface area contributed by atoms with E-state index in [-0.39, 0.29) is 5.56 Å². The molecule has 10 heavy (non-hydrogen) atoms. The molecule has 0 atom stereocenters. The van der Waals surface area contributed by atoms with Crippen LogP contribution in [0.3, 0.4) is 0 Å². The standard InChI is InChI=1S/C7H8N2O/c1-3-6-4-5-7(10)9(2)8-6/h3-5H,1H2,2H3. The topological polar surface area (TPSA) is 34.9 Å². The van der Waals surface area contributed by atoms with E-state index in [1.54, 1.807) is 19.2 Å². The van der Waals surface area contributed by atoms with Gasteiger partial charge in [-0.05, 0) is 12.1 Å². The van der Waals surface area contributed by atoms with Gasteiger partial charge in [0.2, 0.25) is 0 Å². The molecule has 0 unspecified atom stereocenters. The molecule has 52 valence electrons. The molecule has 0 amide bonds. The first-order valence-electron chi connectivity index (χ1n) is 2.91. The van der Waals surface area contributed by atoms with Crippen LogP contribution in [0, 0.1) is 0 Å². The maximum atomic E-state index is 10.8. The second kappa shape index (κ2) is 2.47. The van der Waals surface area contributed by atoms with E-state index in [2.05, 4.69) is 11.7 Å². The van der Waals surface area contributed by atoms with Crippen LogP contribution in [0.5, 0.6) is 0 Å². The summed E-state index contributed by atoms with van der Waals surface area (Å²) in [6.07, 6.45) is 1.60. The minimum Gasteiger partial charge on any atom is -0.268 e. The summed E-state index contributed by atoms with van der Waals surface area (Å²) in [7, 11) is 1.61. The first kappa shape index (κ1) is 6.74. The summed E-state index contributed by atoms with van der Waals surface area (Å²) in [5.41, 5.74) is 0.604. The Labute approximate surface area is 58.6 Å². The van der Waals surface area contributed by atoms with Crippen molar-refractivity contribution >= 4 is 6.08 Å². The second-order valence-corrected chi connectivity index (χ2v) is 1.92. The van der Waals surface area contributed by atoms with Crippen LogP contribution in [-0.2, 0) is 7.05 Å². The van der Waals surface area contributed by atoms with Gasteiger partial charge in [0.1, 0.15) is 0 Å². The lowest BCUT2D eigenvalue weighted by molar-refractivity contribution is 0.703. The van der Waals surface area contributed by atoms with E-state index >= 15 is 0 Å². The van der Waals surface area contributed by atoms with Crippen molar-refractivity contribution < 1.29 is 0 Å². The van der Waals surface area contributed by atoms with Crippen molar-refractivity contribution in [2.75, 3.05) is 0 Å². The third-order valence-corrected chi connectivity index (χ3v) is 1.19. The average Bonchev–Trinajstić information content (AvgIpc) is 1.95. The Morgan fingerprint density at radius 3 is 2.90 bits per heavy atom. The van der Waals surface area contributed by atoms with Gasteiger partial charge in [-0.2, -0.15) is 5.10 Å². The second-order valence-electron chi connectivity index (χ2n) is 1.92. The van der Waals surface area contributed by atoms with E-state index in [1.165, 1.54) is 10.7 Å². The fourth-order valence-corrected chi connectivity index (χ4v) is 0.629. The summed E-state index contributed by atoms with van der Waals surface area (Å²) >= 11 is 0. The predicted octanol–water partition coefficient (Wildman–Crippen LogP) is 0.423. The third-order valence-electron chi connectivity index (χ3n) is 1.19. The molecule has 1 aromatic heterocycles. The van der Waals surface area contributed by atoms with Gasteiger partial charge >= 0.3 is 0 Å². The van der Waals surface area contributed by atoms with Crippen LogP contribution in [0.25, 0.3) is 6.08 Å². The zero-order chi connectivity index (χ0) is 7.56. The summed E-state index contributed by atoms with van der Waals surface area (Å²) < 4.78 is 1.27. The molecule has 0 saturated carbocycles. The molecule has 0 fully saturated rings. The molecule has 0 saturated heterocycles. The van der Waals surface area contributed by atoms with E-state index in [9.17, 15) is 4.79 Å². The van der Waals surface area contributed by atoms with E-state index in [4.69, 9.17) is 0 Å². The molecule has 0 aliphatic carbocycles. The van der Waals surface area contributed by atoms with E-state index in [0.717, 1.165) is 0 Å². The average molecular weight is 136 g/mol. The van der Waals surface area contributed by atoms with Gasteiger partial charge in [0.25, 0.3) is 5.56 Å². The van der Waals surface area contributed by atoms with Crippen molar-refractivity contribution in [3.8, 4) is 0 Å². The minimum atomic E-state index is -0.106.